The monoisotopic (exact) mass is 374 g/mol. The first kappa shape index (κ1) is 17.6. The number of nitrogens with one attached hydrogen (secondary N) is 1. The smallest absolute Gasteiger partial charge is 0.326 e. The van der Waals surface area contributed by atoms with Crippen LogP contribution in [0, 0.1) is 0 Å². The van der Waals surface area contributed by atoms with Crippen LogP contribution in [0.4, 0.5) is 24.5 Å². The molecule has 2 aromatic rings. The Balaban J connectivity index is 1.70. The third-order valence-corrected chi connectivity index (χ3v) is 5.09. The molecule has 0 bridgehead atoms. The summed E-state index contributed by atoms with van der Waals surface area (Å²) in [5.41, 5.74) is 1.65. The van der Waals surface area contributed by atoms with Crippen LogP contribution < -0.4 is 10.2 Å². The molecular formula is C20H17F3N2O2. The molecule has 2 aromatic carbocycles. The standard InChI is InChI=1S/C20H17F3N2O2/c21-20(22,23)13-7-8-17-12(10-13)4-3-9-25(17)19(27)15-11-18(26)24-16-6-2-1-5-14(15)16/h1-2,5-8,10,15H,3-4,9,11H2,(H,24,26). The van der Waals surface area contributed by atoms with Crippen molar-refractivity contribution in [2.75, 3.05) is 16.8 Å². The Bertz CT molecular complexity index is 924. The molecule has 0 spiro atoms. The van der Waals surface area contributed by atoms with Crippen LogP contribution in [0.1, 0.15) is 35.4 Å². The molecule has 0 fully saturated rings. The molecule has 2 heterocycles. The van der Waals surface area contributed by atoms with Crippen LogP contribution in [0.3, 0.4) is 0 Å². The van der Waals surface area contributed by atoms with Gasteiger partial charge in [-0.2, -0.15) is 13.2 Å². The maximum Gasteiger partial charge on any atom is 0.416 e. The number of rotatable bonds is 1. The number of aryl methyl sites for hydroxylation is 1. The Morgan fingerprint density at radius 3 is 2.70 bits per heavy atom. The van der Waals surface area contributed by atoms with Gasteiger partial charge in [-0.1, -0.05) is 18.2 Å². The quantitative estimate of drug-likeness (QED) is 0.817. The summed E-state index contributed by atoms with van der Waals surface area (Å²) in [6, 6.07) is 10.6. The molecule has 27 heavy (non-hydrogen) atoms. The highest BCUT2D eigenvalue weighted by Crippen LogP contribution is 2.38. The third kappa shape index (κ3) is 3.18. The molecule has 0 saturated heterocycles. The molecule has 1 unspecified atom stereocenters. The summed E-state index contributed by atoms with van der Waals surface area (Å²) in [7, 11) is 0. The van der Waals surface area contributed by atoms with Gasteiger partial charge in [0, 0.05) is 24.3 Å². The van der Waals surface area contributed by atoms with E-state index in [4.69, 9.17) is 0 Å². The molecule has 0 radical (unpaired) electrons. The van der Waals surface area contributed by atoms with Crippen molar-refractivity contribution in [3.8, 4) is 0 Å². The van der Waals surface area contributed by atoms with E-state index < -0.39 is 17.7 Å². The molecule has 4 nitrogen and oxygen atoms in total. The van der Waals surface area contributed by atoms with Crippen molar-refractivity contribution in [2.45, 2.75) is 31.4 Å². The number of para-hydroxylation sites is 1. The van der Waals surface area contributed by atoms with Gasteiger partial charge in [-0.25, -0.2) is 0 Å². The van der Waals surface area contributed by atoms with Gasteiger partial charge < -0.3 is 10.2 Å². The lowest BCUT2D eigenvalue weighted by Gasteiger charge is -2.34. The SMILES string of the molecule is O=C1CC(C(=O)N2CCCc3cc(C(F)(F)F)ccc32)c2ccccc2N1. The minimum atomic E-state index is -4.41. The predicted molar refractivity (Wildman–Crippen MR) is 94.5 cm³/mol. The molecule has 4 rings (SSSR count). The molecule has 0 aromatic heterocycles. The van der Waals surface area contributed by atoms with Gasteiger partial charge >= 0.3 is 6.18 Å². The number of hydrogen-bond acceptors (Lipinski definition) is 2. The highest BCUT2D eigenvalue weighted by Gasteiger charge is 2.36. The second-order valence-corrected chi connectivity index (χ2v) is 6.83. The maximum atomic E-state index is 13.2. The van der Waals surface area contributed by atoms with Gasteiger partial charge in [0.15, 0.2) is 0 Å². The Morgan fingerprint density at radius 2 is 1.93 bits per heavy atom. The van der Waals surface area contributed by atoms with Crippen LogP contribution in [0.25, 0.3) is 0 Å². The molecule has 2 amide bonds. The number of carbonyl (C=O) groups is 2. The highest BCUT2D eigenvalue weighted by molar-refractivity contribution is 6.06. The van der Waals surface area contributed by atoms with Crippen molar-refractivity contribution in [3.63, 3.8) is 0 Å². The highest BCUT2D eigenvalue weighted by atomic mass is 19.4. The maximum absolute atomic E-state index is 13.2. The summed E-state index contributed by atoms with van der Waals surface area (Å²) in [6.07, 6.45) is -3.31. The first-order valence-electron chi connectivity index (χ1n) is 8.75. The van der Waals surface area contributed by atoms with Gasteiger partial charge in [0.1, 0.15) is 0 Å². The zero-order valence-electron chi connectivity index (χ0n) is 14.3. The van der Waals surface area contributed by atoms with Crippen LogP contribution in [0.5, 0.6) is 0 Å². The van der Waals surface area contributed by atoms with Gasteiger partial charge in [0.05, 0.1) is 11.5 Å². The van der Waals surface area contributed by atoms with E-state index >= 15 is 0 Å². The van der Waals surface area contributed by atoms with Gasteiger partial charge in [-0.05, 0) is 48.2 Å². The number of benzene rings is 2. The fourth-order valence-corrected chi connectivity index (χ4v) is 3.82. The van der Waals surface area contributed by atoms with E-state index in [1.165, 1.54) is 11.0 Å². The molecule has 7 heteroatoms. The van der Waals surface area contributed by atoms with Crippen LogP contribution in [-0.2, 0) is 22.2 Å². The van der Waals surface area contributed by atoms with E-state index in [2.05, 4.69) is 5.32 Å². The second-order valence-electron chi connectivity index (χ2n) is 6.83. The van der Waals surface area contributed by atoms with E-state index in [0.29, 0.717) is 36.3 Å². The Morgan fingerprint density at radius 1 is 1.15 bits per heavy atom. The first-order chi connectivity index (χ1) is 12.8. The predicted octanol–water partition coefficient (Wildman–Crippen LogP) is 4.11. The van der Waals surface area contributed by atoms with Crippen molar-refractivity contribution < 1.29 is 22.8 Å². The first-order valence-corrected chi connectivity index (χ1v) is 8.75. The number of nitrogens with zero attached hydrogens (tertiary/aromatic N) is 1. The molecule has 0 saturated carbocycles. The van der Waals surface area contributed by atoms with Crippen LogP contribution in [-0.4, -0.2) is 18.4 Å². The molecule has 140 valence electrons. The van der Waals surface area contributed by atoms with Crippen molar-refractivity contribution in [2.24, 2.45) is 0 Å². The number of anilines is 2. The summed E-state index contributed by atoms with van der Waals surface area (Å²) in [5.74, 6) is -1.13. The summed E-state index contributed by atoms with van der Waals surface area (Å²) in [5, 5.41) is 2.76. The van der Waals surface area contributed by atoms with E-state index in [9.17, 15) is 22.8 Å². The van der Waals surface area contributed by atoms with Crippen molar-refractivity contribution >= 4 is 23.2 Å². The van der Waals surface area contributed by atoms with Gasteiger partial charge in [-0.15, -0.1) is 0 Å². The molecular weight excluding hydrogens is 357 g/mol. The van der Waals surface area contributed by atoms with Crippen molar-refractivity contribution in [3.05, 3.63) is 59.2 Å². The van der Waals surface area contributed by atoms with E-state index in [-0.39, 0.29) is 18.2 Å². The van der Waals surface area contributed by atoms with Crippen LogP contribution in [0.2, 0.25) is 0 Å². The molecule has 0 aliphatic carbocycles. The summed E-state index contributed by atoms with van der Waals surface area (Å²) in [4.78, 5) is 26.8. The van der Waals surface area contributed by atoms with Crippen molar-refractivity contribution in [1.29, 1.82) is 0 Å². The number of hydrogen-bond donors (Lipinski definition) is 1. The van der Waals surface area contributed by atoms with E-state index in [1.807, 2.05) is 0 Å². The minimum Gasteiger partial charge on any atom is -0.326 e. The minimum absolute atomic E-state index is 0.0301. The summed E-state index contributed by atoms with van der Waals surface area (Å²) >= 11 is 0. The van der Waals surface area contributed by atoms with Gasteiger partial charge in [0.25, 0.3) is 0 Å². The number of fused-ring (bicyclic) bond motifs is 2. The lowest BCUT2D eigenvalue weighted by Crippen LogP contribution is -2.41. The van der Waals surface area contributed by atoms with Crippen LogP contribution >= 0.6 is 0 Å². The largest absolute Gasteiger partial charge is 0.416 e. The van der Waals surface area contributed by atoms with Gasteiger partial charge in [-0.3, -0.25) is 9.59 Å². The normalized spacial score (nSPS) is 19.1. The molecule has 2 aliphatic rings. The average molecular weight is 374 g/mol. The Hall–Kier alpha value is -2.83. The number of alkyl halides is 3. The fraction of sp³-hybridized carbons (Fsp3) is 0.300. The second kappa shape index (κ2) is 6.40. The molecule has 1 N–H and O–H groups in total. The van der Waals surface area contributed by atoms with Crippen molar-refractivity contribution in [1.82, 2.24) is 0 Å². The average Bonchev–Trinajstić information content (AvgIpc) is 2.65. The van der Waals surface area contributed by atoms with Gasteiger partial charge in [0.2, 0.25) is 11.8 Å². The number of carbonyl (C=O) groups excluding carboxylic acids is 2. The third-order valence-electron chi connectivity index (χ3n) is 5.09. The number of halogens is 3. The Labute approximate surface area is 154 Å². The van der Waals surface area contributed by atoms with E-state index in [0.717, 1.165) is 17.7 Å². The zero-order chi connectivity index (χ0) is 19.2. The summed E-state index contributed by atoms with van der Waals surface area (Å²) < 4.78 is 39.0. The lowest BCUT2D eigenvalue weighted by atomic mass is 9.88. The molecule has 2 aliphatic heterocycles. The Kier molecular flexibility index (Phi) is 4.17. The number of amides is 2. The zero-order valence-corrected chi connectivity index (χ0v) is 14.3. The van der Waals surface area contributed by atoms with E-state index in [1.54, 1.807) is 24.3 Å². The molecule has 1 atom stereocenters. The van der Waals surface area contributed by atoms with Crippen LogP contribution in [0.15, 0.2) is 42.5 Å². The topological polar surface area (TPSA) is 49.4 Å². The lowest BCUT2D eigenvalue weighted by molar-refractivity contribution is -0.137. The fourth-order valence-electron chi connectivity index (χ4n) is 3.82. The summed E-state index contributed by atoms with van der Waals surface area (Å²) in [6.45, 7) is 0.428.